The Labute approximate surface area is 136 Å². The van der Waals surface area contributed by atoms with Crippen molar-refractivity contribution < 1.29 is 9.84 Å². The molecule has 2 nitrogen and oxygen atoms in total. The van der Waals surface area contributed by atoms with Crippen LogP contribution in [0.25, 0.3) is 0 Å². The normalized spacial score (nSPS) is 55.0. The zero-order valence-electron chi connectivity index (χ0n) is 14.5. The maximum atomic E-state index is 10.0. The van der Waals surface area contributed by atoms with E-state index < -0.39 is 0 Å². The molecule has 1 N–H and O–H groups in total. The van der Waals surface area contributed by atoms with Crippen molar-refractivity contribution >= 4 is 0 Å². The van der Waals surface area contributed by atoms with Gasteiger partial charge in [-0.05, 0) is 92.8 Å². The summed E-state index contributed by atoms with van der Waals surface area (Å²) in [5.41, 5.74) is 0.440. The lowest BCUT2D eigenvalue weighted by molar-refractivity contribution is -0.148. The molecule has 0 radical (unpaired) electrons. The topological polar surface area (TPSA) is 29.5 Å². The van der Waals surface area contributed by atoms with Gasteiger partial charge < -0.3 is 9.84 Å². The van der Waals surface area contributed by atoms with Gasteiger partial charge in [-0.2, -0.15) is 0 Å². The first-order chi connectivity index (χ1) is 10.6. The molecule has 4 saturated carbocycles. The number of ether oxygens (including phenoxy) is 1. The number of hydrogen-bond acceptors (Lipinski definition) is 2. The van der Waals surface area contributed by atoms with Crippen molar-refractivity contribution in [3.8, 4) is 0 Å². The minimum atomic E-state index is -0.000733. The largest absolute Gasteiger partial charge is 0.393 e. The van der Waals surface area contributed by atoms with Gasteiger partial charge in [0.05, 0.1) is 12.2 Å². The standard InChI is InChI=1S/C20H34O2/c1-20-11-10-16-15-9-7-14(21)12-13(15)6-8-17(16)18(20)4-3-5-19(20)22-2/h13-19,21H,3-12H2,1-2H3/t13-,14-,15+,16-,17-,18+,19+,20+/m1/s1. The third kappa shape index (κ3) is 2.28. The van der Waals surface area contributed by atoms with E-state index in [4.69, 9.17) is 4.74 Å². The quantitative estimate of drug-likeness (QED) is 0.778. The Bertz CT molecular complexity index is 409. The lowest BCUT2D eigenvalue weighted by Gasteiger charge is -2.60. The first kappa shape index (κ1) is 15.4. The number of hydrogen-bond donors (Lipinski definition) is 1. The molecule has 0 aromatic carbocycles. The van der Waals surface area contributed by atoms with Crippen LogP contribution >= 0.6 is 0 Å². The van der Waals surface area contributed by atoms with Crippen molar-refractivity contribution in [3.63, 3.8) is 0 Å². The van der Waals surface area contributed by atoms with E-state index >= 15 is 0 Å². The predicted molar refractivity (Wildman–Crippen MR) is 88.5 cm³/mol. The molecule has 126 valence electrons. The Hall–Kier alpha value is -0.0800. The van der Waals surface area contributed by atoms with Gasteiger partial charge in [-0.3, -0.25) is 0 Å². The first-order valence-electron chi connectivity index (χ1n) is 9.84. The molecule has 2 heteroatoms. The second-order valence-electron chi connectivity index (χ2n) is 9.10. The summed E-state index contributed by atoms with van der Waals surface area (Å²) in [6, 6.07) is 0. The summed E-state index contributed by atoms with van der Waals surface area (Å²) < 4.78 is 5.93. The van der Waals surface area contributed by atoms with Gasteiger partial charge in [-0.15, -0.1) is 0 Å². The van der Waals surface area contributed by atoms with E-state index in [1.165, 1.54) is 51.4 Å². The number of methoxy groups -OCH3 is 1. The highest BCUT2D eigenvalue weighted by Crippen LogP contribution is 2.61. The number of rotatable bonds is 1. The summed E-state index contributed by atoms with van der Waals surface area (Å²) in [5.74, 6) is 4.57. The molecule has 0 amide bonds. The van der Waals surface area contributed by atoms with Crippen molar-refractivity contribution in [1.82, 2.24) is 0 Å². The molecular formula is C20H34O2. The Morgan fingerprint density at radius 3 is 2.55 bits per heavy atom. The van der Waals surface area contributed by atoms with E-state index in [0.29, 0.717) is 11.5 Å². The third-order valence-corrected chi connectivity index (χ3v) is 8.37. The Morgan fingerprint density at radius 1 is 0.909 bits per heavy atom. The van der Waals surface area contributed by atoms with Gasteiger partial charge in [-0.1, -0.05) is 13.3 Å². The minimum Gasteiger partial charge on any atom is -0.393 e. The van der Waals surface area contributed by atoms with Crippen molar-refractivity contribution in [2.45, 2.75) is 83.3 Å². The van der Waals surface area contributed by atoms with Gasteiger partial charge in [0.2, 0.25) is 0 Å². The molecule has 0 aliphatic heterocycles. The van der Waals surface area contributed by atoms with E-state index in [9.17, 15) is 5.11 Å². The molecule has 0 aromatic heterocycles. The first-order valence-corrected chi connectivity index (χ1v) is 9.84. The van der Waals surface area contributed by atoms with Gasteiger partial charge in [0, 0.05) is 7.11 Å². The lowest BCUT2D eigenvalue weighted by atomic mass is 9.46. The average molecular weight is 306 g/mol. The predicted octanol–water partition coefficient (Wildman–Crippen LogP) is 4.41. The van der Waals surface area contributed by atoms with Crippen LogP contribution in [0.3, 0.4) is 0 Å². The van der Waals surface area contributed by atoms with Crippen molar-refractivity contribution in [2.24, 2.45) is 35.0 Å². The average Bonchev–Trinajstić information content (AvgIpc) is 2.53. The van der Waals surface area contributed by atoms with Crippen LogP contribution in [0.2, 0.25) is 0 Å². The van der Waals surface area contributed by atoms with Crippen LogP contribution in [0.15, 0.2) is 0 Å². The molecular weight excluding hydrogens is 272 g/mol. The Balaban J connectivity index is 1.56. The number of aliphatic hydroxyl groups is 1. The van der Waals surface area contributed by atoms with Gasteiger partial charge in [0.25, 0.3) is 0 Å². The molecule has 22 heavy (non-hydrogen) atoms. The summed E-state index contributed by atoms with van der Waals surface area (Å²) in [7, 11) is 1.93. The van der Waals surface area contributed by atoms with Gasteiger partial charge >= 0.3 is 0 Å². The van der Waals surface area contributed by atoms with E-state index in [-0.39, 0.29) is 6.10 Å². The number of aliphatic hydroxyl groups excluding tert-OH is 1. The van der Waals surface area contributed by atoms with Gasteiger partial charge in [0.15, 0.2) is 0 Å². The molecule has 8 atom stereocenters. The van der Waals surface area contributed by atoms with Crippen molar-refractivity contribution in [3.05, 3.63) is 0 Å². The molecule has 0 aromatic rings. The van der Waals surface area contributed by atoms with Crippen molar-refractivity contribution in [1.29, 1.82) is 0 Å². The van der Waals surface area contributed by atoms with Gasteiger partial charge in [0.1, 0.15) is 0 Å². The highest BCUT2D eigenvalue weighted by atomic mass is 16.5. The molecule has 4 aliphatic rings. The van der Waals surface area contributed by atoms with Crippen LogP contribution in [-0.4, -0.2) is 24.4 Å². The van der Waals surface area contributed by atoms with Crippen LogP contribution in [0.5, 0.6) is 0 Å². The Kier molecular flexibility index (Phi) is 4.05. The van der Waals surface area contributed by atoms with Crippen LogP contribution in [0.1, 0.15) is 71.1 Å². The van der Waals surface area contributed by atoms with E-state index in [0.717, 1.165) is 42.4 Å². The molecule has 0 unspecified atom stereocenters. The maximum Gasteiger partial charge on any atom is 0.0627 e. The molecule has 4 rings (SSSR count). The molecule has 4 fully saturated rings. The second-order valence-corrected chi connectivity index (χ2v) is 9.10. The lowest BCUT2D eigenvalue weighted by Crippen LogP contribution is -2.54. The Morgan fingerprint density at radius 2 is 1.73 bits per heavy atom. The molecule has 0 heterocycles. The van der Waals surface area contributed by atoms with E-state index in [1.807, 2.05) is 7.11 Å². The van der Waals surface area contributed by atoms with E-state index in [2.05, 4.69) is 6.92 Å². The SMILES string of the molecule is CO[C@H]1CCC[C@H]2[C@@H]3CC[C@@H]4C[C@H](O)CC[C@@H]4[C@H]3CC[C@]12C. The fraction of sp³-hybridized carbons (Fsp3) is 1.00. The van der Waals surface area contributed by atoms with Crippen LogP contribution in [0.4, 0.5) is 0 Å². The van der Waals surface area contributed by atoms with Crippen LogP contribution in [0, 0.1) is 35.0 Å². The molecule has 4 aliphatic carbocycles. The summed E-state index contributed by atoms with van der Waals surface area (Å²) in [6.07, 6.45) is 13.6. The third-order valence-electron chi connectivity index (χ3n) is 8.37. The van der Waals surface area contributed by atoms with E-state index in [1.54, 1.807) is 0 Å². The zero-order valence-corrected chi connectivity index (χ0v) is 14.5. The van der Waals surface area contributed by atoms with Crippen LogP contribution < -0.4 is 0 Å². The van der Waals surface area contributed by atoms with Crippen LogP contribution in [-0.2, 0) is 4.74 Å². The summed E-state index contributed by atoms with van der Waals surface area (Å²) in [5, 5.41) is 10.0. The smallest absolute Gasteiger partial charge is 0.0627 e. The molecule has 0 spiro atoms. The summed E-state index contributed by atoms with van der Waals surface area (Å²) in [6.45, 7) is 2.54. The zero-order chi connectivity index (χ0) is 15.3. The highest BCUT2D eigenvalue weighted by molar-refractivity contribution is 5.05. The van der Waals surface area contributed by atoms with Crippen molar-refractivity contribution in [2.75, 3.05) is 7.11 Å². The maximum absolute atomic E-state index is 10.0. The molecule has 0 bridgehead atoms. The second kappa shape index (κ2) is 5.77. The number of fused-ring (bicyclic) bond motifs is 5. The highest BCUT2D eigenvalue weighted by Gasteiger charge is 2.55. The summed E-state index contributed by atoms with van der Waals surface area (Å²) >= 11 is 0. The molecule has 0 saturated heterocycles. The fourth-order valence-electron chi connectivity index (χ4n) is 7.36. The van der Waals surface area contributed by atoms with Gasteiger partial charge in [-0.25, -0.2) is 0 Å². The minimum absolute atomic E-state index is 0.000733. The summed E-state index contributed by atoms with van der Waals surface area (Å²) in [4.78, 5) is 0. The monoisotopic (exact) mass is 306 g/mol. The fourth-order valence-corrected chi connectivity index (χ4v) is 7.36.